The first-order chi connectivity index (χ1) is 14.7. The van der Waals surface area contributed by atoms with E-state index >= 15 is 0 Å². The minimum absolute atomic E-state index is 0.180. The minimum Gasteiger partial charge on any atom is -0.480 e. The Bertz CT molecular complexity index is 1360. The van der Waals surface area contributed by atoms with Crippen LogP contribution in [0.4, 0.5) is 5.69 Å². The molecule has 0 aliphatic carbocycles. The van der Waals surface area contributed by atoms with Crippen molar-refractivity contribution in [1.82, 2.24) is 0 Å². The van der Waals surface area contributed by atoms with E-state index in [1.165, 1.54) is 0 Å². The fraction of sp³-hybridized carbons (Fsp3) is 0.115. The summed E-state index contributed by atoms with van der Waals surface area (Å²) in [6.45, 7) is 1.94. The standard InChI is InChI=1S/C26H21NO3/c1-2-22(29-23-13-7-9-17-8-3-4-10-19(17)23)26(28)27-18-14-15-21-20-11-5-6-12-24(20)30-25(21)16-18/h3-16,22H,2H2,1H3,(H,27,28). The Labute approximate surface area is 174 Å². The van der Waals surface area contributed by atoms with Gasteiger partial charge in [0, 0.05) is 27.9 Å². The van der Waals surface area contributed by atoms with Crippen molar-refractivity contribution >= 4 is 44.3 Å². The first kappa shape index (κ1) is 18.3. The maximum Gasteiger partial charge on any atom is 0.265 e. The van der Waals surface area contributed by atoms with Crippen molar-refractivity contribution < 1.29 is 13.9 Å². The van der Waals surface area contributed by atoms with Gasteiger partial charge in [0.1, 0.15) is 16.9 Å². The molecule has 5 aromatic rings. The predicted octanol–water partition coefficient (Wildman–Crippen LogP) is 6.54. The molecular formula is C26H21NO3. The van der Waals surface area contributed by atoms with Gasteiger partial charge in [0.2, 0.25) is 0 Å². The molecule has 4 heteroatoms. The zero-order chi connectivity index (χ0) is 20.5. The van der Waals surface area contributed by atoms with Crippen LogP contribution in [0.2, 0.25) is 0 Å². The van der Waals surface area contributed by atoms with Crippen molar-refractivity contribution in [2.24, 2.45) is 0 Å². The van der Waals surface area contributed by atoms with Gasteiger partial charge < -0.3 is 14.5 Å². The molecule has 0 fully saturated rings. The number of rotatable bonds is 5. The molecule has 1 aromatic heterocycles. The molecule has 0 aliphatic rings. The predicted molar refractivity (Wildman–Crippen MR) is 121 cm³/mol. The molecule has 30 heavy (non-hydrogen) atoms. The van der Waals surface area contributed by atoms with Crippen molar-refractivity contribution in [3.8, 4) is 5.75 Å². The summed E-state index contributed by atoms with van der Waals surface area (Å²) < 4.78 is 12.0. The second kappa shape index (κ2) is 7.56. The number of carbonyl (C=O) groups excluding carboxylic acids is 1. The first-order valence-corrected chi connectivity index (χ1v) is 10.1. The number of furan rings is 1. The van der Waals surface area contributed by atoms with Crippen LogP contribution < -0.4 is 10.1 Å². The Morgan fingerprint density at radius 1 is 0.867 bits per heavy atom. The fourth-order valence-corrected chi connectivity index (χ4v) is 3.80. The number of nitrogens with one attached hydrogen (secondary N) is 1. The third kappa shape index (κ3) is 3.26. The molecule has 1 N–H and O–H groups in total. The van der Waals surface area contributed by atoms with Crippen LogP contribution in [-0.4, -0.2) is 12.0 Å². The van der Waals surface area contributed by atoms with Crippen LogP contribution in [0.1, 0.15) is 13.3 Å². The second-order valence-electron chi connectivity index (χ2n) is 7.29. The second-order valence-corrected chi connectivity index (χ2v) is 7.29. The molecule has 1 unspecified atom stereocenters. The lowest BCUT2D eigenvalue weighted by molar-refractivity contribution is -0.122. The summed E-state index contributed by atoms with van der Waals surface area (Å²) in [6.07, 6.45) is -0.0377. The molecule has 4 aromatic carbocycles. The van der Waals surface area contributed by atoms with Crippen molar-refractivity contribution in [3.05, 3.63) is 84.9 Å². The molecule has 0 saturated carbocycles. The zero-order valence-corrected chi connectivity index (χ0v) is 16.6. The topological polar surface area (TPSA) is 51.5 Å². The molecule has 1 amide bonds. The quantitative estimate of drug-likeness (QED) is 0.368. The lowest BCUT2D eigenvalue weighted by atomic mass is 10.1. The summed E-state index contributed by atoms with van der Waals surface area (Å²) in [5.74, 6) is 0.531. The molecule has 0 bridgehead atoms. The Morgan fingerprint density at radius 2 is 1.60 bits per heavy atom. The third-order valence-corrected chi connectivity index (χ3v) is 5.33. The number of benzene rings is 4. The fourth-order valence-electron chi connectivity index (χ4n) is 3.80. The van der Waals surface area contributed by atoms with E-state index < -0.39 is 6.10 Å². The molecule has 0 spiro atoms. The van der Waals surface area contributed by atoms with Crippen LogP contribution in [0.15, 0.2) is 89.3 Å². The highest BCUT2D eigenvalue weighted by Crippen LogP contribution is 2.31. The summed E-state index contributed by atoms with van der Waals surface area (Å²) >= 11 is 0. The Kier molecular flexibility index (Phi) is 4.60. The van der Waals surface area contributed by atoms with Gasteiger partial charge in [-0.05, 0) is 36.1 Å². The number of amides is 1. The number of anilines is 1. The molecule has 0 aliphatic heterocycles. The summed E-state index contributed by atoms with van der Waals surface area (Å²) in [5, 5.41) is 7.15. The number of hydrogen-bond acceptors (Lipinski definition) is 3. The largest absolute Gasteiger partial charge is 0.480 e. The summed E-state index contributed by atoms with van der Waals surface area (Å²) in [4.78, 5) is 12.9. The molecular weight excluding hydrogens is 374 g/mol. The van der Waals surface area contributed by atoms with Crippen LogP contribution in [0.5, 0.6) is 5.75 Å². The van der Waals surface area contributed by atoms with Crippen molar-refractivity contribution in [2.45, 2.75) is 19.4 Å². The number of fused-ring (bicyclic) bond motifs is 4. The molecule has 148 valence electrons. The third-order valence-electron chi connectivity index (χ3n) is 5.33. The van der Waals surface area contributed by atoms with E-state index in [1.54, 1.807) is 0 Å². The normalized spacial score (nSPS) is 12.3. The average Bonchev–Trinajstić information content (AvgIpc) is 3.15. The van der Waals surface area contributed by atoms with Gasteiger partial charge in [-0.15, -0.1) is 0 Å². The molecule has 0 saturated heterocycles. The van der Waals surface area contributed by atoms with E-state index in [1.807, 2.05) is 91.9 Å². The Balaban J connectivity index is 1.39. The van der Waals surface area contributed by atoms with Crippen LogP contribution in [0.3, 0.4) is 0 Å². The summed E-state index contributed by atoms with van der Waals surface area (Å²) in [6, 6.07) is 27.5. The summed E-state index contributed by atoms with van der Waals surface area (Å²) in [7, 11) is 0. The maximum absolute atomic E-state index is 12.9. The van der Waals surface area contributed by atoms with Gasteiger partial charge in [0.25, 0.3) is 5.91 Å². The maximum atomic E-state index is 12.9. The van der Waals surface area contributed by atoms with E-state index in [0.29, 0.717) is 17.9 Å². The van der Waals surface area contributed by atoms with Crippen molar-refractivity contribution in [3.63, 3.8) is 0 Å². The molecule has 1 heterocycles. The number of ether oxygens (including phenoxy) is 1. The van der Waals surface area contributed by atoms with Crippen LogP contribution in [0, 0.1) is 0 Å². The lowest BCUT2D eigenvalue weighted by Gasteiger charge is -2.18. The first-order valence-electron chi connectivity index (χ1n) is 10.1. The van der Waals surface area contributed by atoms with Crippen LogP contribution in [0.25, 0.3) is 32.7 Å². The highest BCUT2D eigenvalue weighted by molar-refractivity contribution is 6.06. The zero-order valence-electron chi connectivity index (χ0n) is 16.6. The monoisotopic (exact) mass is 395 g/mol. The van der Waals surface area contributed by atoms with Gasteiger partial charge in [-0.2, -0.15) is 0 Å². The lowest BCUT2D eigenvalue weighted by Crippen LogP contribution is -2.32. The number of para-hydroxylation sites is 1. The van der Waals surface area contributed by atoms with Gasteiger partial charge >= 0.3 is 0 Å². The van der Waals surface area contributed by atoms with Crippen LogP contribution in [-0.2, 0) is 4.79 Å². The number of hydrogen-bond donors (Lipinski definition) is 1. The van der Waals surface area contributed by atoms with E-state index in [4.69, 9.17) is 9.15 Å². The van der Waals surface area contributed by atoms with Gasteiger partial charge in [-0.25, -0.2) is 0 Å². The smallest absolute Gasteiger partial charge is 0.265 e. The van der Waals surface area contributed by atoms with Crippen LogP contribution >= 0.6 is 0 Å². The van der Waals surface area contributed by atoms with Gasteiger partial charge in [0.15, 0.2) is 6.10 Å². The van der Waals surface area contributed by atoms with E-state index in [-0.39, 0.29) is 5.91 Å². The summed E-state index contributed by atoms with van der Waals surface area (Å²) in [5.41, 5.74) is 2.27. The van der Waals surface area contributed by atoms with Crippen molar-refractivity contribution in [2.75, 3.05) is 5.32 Å². The highest BCUT2D eigenvalue weighted by Gasteiger charge is 2.20. The SMILES string of the molecule is CCC(Oc1cccc2ccccc12)C(=O)Nc1ccc2c(c1)oc1ccccc12. The Morgan fingerprint density at radius 3 is 2.47 bits per heavy atom. The van der Waals surface area contributed by atoms with E-state index in [9.17, 15) is 4.79 Å². The van der Waals surface area contributed by atoms with Crippen molar-refractivity contribution in [1.29, 1.82) is 0 Å². The molecule has 0 radical (unpaired) electrons. The molecule has 5 rings (SSSR count). The molecule has 1 atom stereocenters. The van der Waals surface area contributed by atoms with E-state index in [0.717, 1.165) is 32.7 Å². The van der Waals surface area contributed by atoms with Gasteiger partial charge in [-0.3, -0.25) is 4.79 Å². The van der Waals surface area contributed by atoms with Gasteiger partial charge in [0.05, 0.1) is 0 Å². The Hall–Kier alpha value is -3.79. The molecule has 4 nitrogen and oxygen atoms in total. The van der Waals surface area contributed by atoms with E-state index in [2.05, 4.69) is 5.32 Å². The van der Waals surface area contributed by atoms with Gasteiger partial charge in [-0.1, -0.05) is 61.5 Å². The average molecular weight is 395 g/mol. The number of carbonyl (C=O) groups is 1. The highest BCUT2D eigenvalue weighted by atomic mass is 16.5. The minimum atomic E-state index is -0.595.